The molecule has 3 heteroatoms. The van der Waals surface area contributed by atoms with Crippen LogP contribution < -0.4 is 0 Å². The van der Waals surface area contributed by atoms with Crippen LogP contribution in [0.4, 0.5) is 0 Å². The summed E-state index contributed by atoms with van der Waals surface area (Å²) in [6.45, 7) is 5.50. The lowest BCUT2D eigenvalue weighted by atomic mass is 10.1. The molecule has 0 atom stereocenters. The first kappa shape index (κ1) is 12.2. The molecule has 1 heterocycles. The third-order valence-electron chi connectivity index (χ3n) is 2.71. The van der Waals surface area contributed by atoms with E-state index in [0.29, 0.717) is 0 Å². The molecular formula is C12H23N3. The number of aryl methyl sites for hydroxylation is 2. The van der Waals surface area contributed by atoms with Crippen molar-refractivity contribution >= 4 is 0 Å². The van der Waals surface area contributed by atoms with E-state index in [1.165, 1.54) is 44.2 Å². The van der Waals surface area contributed by atoms with Crippen LogP contribution in [0.25, 0.3) is 0 Å². The minimum Gasteiger partial charge on any atom is -0.249 e. The van der Waals surface area contributed by atoms with E-state index < -0.39 is 0 Å². The Morgan fingerprint density at radius 3 is 2.53 bits per heavy atom. The molecular weight excluding hydrogens is 186 g/mol. The summed E-state index contributed by atoms with van der Waals surface area (Å²) in [6.07, 6.45) is 10.7. The summed E-state index contributed by atoms with van der Waals surface area (Å²) in [5.74, 6) is 0. The van der Waals surface area contributed by atoms with Crippen molar-refractivity contribution in [2.75, 3.05) is 0 Å². The molecule has 0 amide bonds. The summed E-state index contributed by atoms with van der Waals surface area (Å²) in [5.41, 5.74) is 1.31. The maximum Gasteiger partial charge on any atom is 0.0725 e. The molecule has 0 aliphatic carbocycles. The van der Waals surface area contributed by atoms with Gasteiger partial charge in [0.15, 0.2) is 0 Å². The second-order valence-electron chi connectivity index (χ2n) is 4.11. The molecule has 0 bridgehead atoms. The van der Waals surface area contributed by atoms with Gasteiger partial charge in [-0.05, 0) is 19.3 Å². The van der Waals surface area contributed by atoms with E-state index in [0.717, 1.165) is 13.0 Å². The monoisotopic (exact) mass is 209 g/mol. The number of nitrogens with zero attached hydrogens (tertiary/aromatic N) is 3. The van der Waals surface area contributed by atoms with E-state index in [2.05, 4.69) is 28.8 Å². The Hall–Kier alpha value is -0.860. The van der Waals surface area contributed by atoms with E-state index in [1.807, 2.05) is 6.20 Å². The van der Waals surface area contributed by atoms with Gasteiger partial charge >= 0.3 is 0 Å². The zero-order valence-electron chi connectivity index (χ0n) is 10.1. The normalized spacial score (nSPS) is 10.8. The average Bonchev–Trinajstić information content (AvgIpc) is 2.67. The van der Waals surface area contributed by atoms with Crippen molar-refractivity contribution in [3.63, 3.8) is 0 Å². The van der Waals surface area contributed by atoms with Gasteiger partial charge in [-0.3, -0.25) is 0 Å². The number of rotatable bonds is 8. The summed E-state index contributed by atoms with van der Waals surface area (Å²) < 4.78 is 2.07. The van der Waals surface area contributed by atoms with Crippen LogP contribution in [0.3, 0.4) is 0 Å². The van der Waals surface area contributed by atoms with Crippen LogP contribution in [0.15, 0.2) is 6.20 Å². The van der Waals surface area contributed by atoms with Crippen LogP contribution in [0, 0.1) is 0 Å². The van der Waals surface area contributed by atoms with Gasteiger partial charge in [-0.2, -0.15) is 0 Å². The first-order valence-electron chi connectivity index (χ1n) is 6.25. The minimum atomic E-state index is 1.04. The number of hydrogen-bond donors (Lipinski definition) is 0. The van der Waals surface area contributed by atoms with Crippen LogP contribution in [0.2, 0.25) is 0 Å². The fraction of sp³-hybridized carbons (Fsp3) is 0.833. The summed E-state index contributed by atoms with van der Waals surface area (Å²) in [7, 11) is 0. The van der Waals surface area contributed by atoms with E-state index in [9.17, 15) is 0 Å². The first-order chi connectivity index (χ1) is 7.38. The van der Waals surface area contributed by atoms with Gasteiger partial charge in [-0.1, -0.05) is 44.7 Å². The second-order valence-corrected chi connectivity index (χ2v) is 4.11. The van der Waals surface area contributed by atoms with Gasteiger partial charge in [-0.15, -0.1) is 5.10 Å². The first-order valence-corrected chi connectivity index (χ1v) is 6.25. The molecule has 0 spiro atoms. The molecule has 0 aliphatic rings. The van der Waals surface area contributed by atoms with Crippen LogP contribution in [-0.4, -0.2) is 15.0 Å². The highest BCUT2D eigenvalue weighted by Gasteiger charge is 2.02. The van der Waals surface area contributed by atoms with Crippen molar-refractivity contribution in [1.29, 1.82) is 0 Å². The second kappa shape index (κ2) is 7.43. The van der Waals surface area contributed by atoms with Gasteiger partial charge in [0.2, 0.25) is 0 Å². The molecule has 0 N–H and O–H groups in total. The molecule has 0 radical (unpaired) electrons. The van der Waals surface area contributed by atoms with Crippen molar-refractivity contribution in [3.8, 4) is 0 Å². The summed E-state index contributed by atoms with van der Waals surface area (Å²) >= 11 is 0. The van der Waals surface area contributed by atoms with E-state index in [-0.39, 0.29) is 0 Å². The quantitative estimate of drug-likeness (QED) is 0.615. The van der Waals surface area contributed by atoms with Gasteiger partial charge in [0, 0.05) is 6.54 Å². The van der Waals surface area contributed by atoms with Crippen molar-refractivity contribution in [2.45, 2.75) is 65.3 Å². The Kier molecular flexibility index (Phi) is 6.05. The lowest BCUT2D eigenvalue weighted by molar-refractivity contribution is 0.514. The zero-order valence-corrected chi connectivity index (χ0v) is 10.1. The topological polar surface area (TPSA) is 30.7 Å². The third-order valence-corrected chi connectivity index (χ3v) is 2.71. The summed E-state index contributed by atoms with van der Waals surface area (Å²) in [4.78, 5) is 0. The molecule has 0 aromatic carbocycles. The SMILES string of the molecule is CCCCCc1cnnn1CCCCC. The molecule has 15 heavy (non-hydrogen) atoms. The van der Waals surface area contributed by atoms with E-state index in [1.54, 1.807) is 0 Å². The van der Waals surface area contributed by atoms with Crippen molar-refractivity contribution < 1.29 is 0 Å². The van der Waals surface area contributed by atoms with Crippen molar-refractivity contribution in [1.82, 2.24) is 15.0 Å². The smallest absolute Gasteiger partial charge is 0.0725 e. The predicted molar refractivity (Wildman–Crippen MR) is 62.8 cm³/mol. The number of unbranched alkanes of at least 4 members (excludes halogenated alkanes) is 4. The van der Waals surface area contributed by atoms with Gasteiger partial charge in [-0.25, -0.2) is 4.68 Å². The van der Waals surface area contributed by atoms with Gasteiger partial charge < -0.3 is 0 Å². The Morgan fingerprint density at radius 2 is 1.80 bits per heavy atom. The van der Waals surface area contributed by atoms with Crippen molar-refractivity contribution in [3.05, 3.63) is 11.9 Å². The van der Waals surface area contributed by atoms with Crippen LogP contribution >= 0.6 is 0 Å². The highest BCUT2D eigenvalue weighted by atomic mass is 15.4. The Balaban J connectivity index is 2.32. The van der Waals surface area contributed by atoms with Crippen LogP contribution in [0.1, 0.15) is 58.1 Å². The molecule has 0 fully saturated rings. The molecule has 0 saturated heterocycles. The van der Waals surface area contributed by atoms with Gasteiger partial charge in [0.05, 0.1) is 11.9 Å². The predicted octanol–water partition coefficient (Wildman–Crippen LogP) is 3.20. The number of hydrogen-bond acceptors (Lipinski definition) is 2. The lowest BCUT2D eigenvalue weighted by Gasteiger charge is -2.05. The molecule has 1 aromatic rings. The molecule has 0 aliphatic heterocycles. The molecule has 1 rings (SSSR count). The van der Waals surface area contributed by atoms with Crippen LogP contribution in [0.5, 0.6) is 0 Å². The fourth-order valence-corrected chi connectivity index (χ4v) is 1.73. The molecule has 0 saturated carbocycles. The highest BCUT2D eigenvalue weighted by molar-refractivity contribution is 4.93. The standard InChI is InChI=1S/C12H23N3/c1-3-5-7-9-12-11-13-14-15(12)10-8-6-4-2/h11H,3-10H2,1-2H3. The molecule has 86 valence electrons. The summed E-state index contributed by atoms with van der Waals surface area (Å²) in [5, 5.41) is 8.13. The lowest BCUT2D eigenvalue weighted by Crippen LogP contribution is -2.05. The molecule has 1 aromatic heterocycles. The zero-order chi connectivity index (χ0) is 10.9. The maximum atomic E-state index is 4.13. The summed E-state index contributed by atoms with van der Waals surface area (Å²) in [6, 6.07) is 0. The van der Waals surface area contributed by atoms with Gasteiger partial charge in [0.25, 0.3) is 0 Å². The third kappa shape index (κ3) is 4.45. The van der Waals surface area contributed by atoms with E-state index >= 15 is 0 Å². The van der Waals surface area contributed by atoms with Crippen molar-refractivity contribution in [2.24, 2.45) is 0 Å². The van der Waals surface area contributed by atoms with Gasteiger partial charge in [0.1, 0.15) is 0 Å². The molecule has 3 nitrogen and oxygen atoms in total. The van der Waals surface area contributed by atoms with Crippen LogP contribution in [-0.2, 0) is 13.0 Å². The average molecular weight is 209 g/mol. The Labute approximate surface area is 92.9 Å². The Bertz CT molecular complexity index is 231. The Morgan fingerprint density at radius 1 is 1.07 bits per heavy atom. The maximum absolute atomic E-state index is 4.13. The minimum absolute atomic E-state index is 1.04. The fourth-order valence-electron chi connectivity index (χ4n) is 1.73. The number of aromatic nitrogens is 3. The highest BCUT2D eigenvalue weighted by Crippen LogP contribution is 2.06. The molecule has 0 unspecified atom stereocenters. The largest absolute Gasteiger partial charge is 0.249 e. The van der Waals surface area contributed by atoms with E-state index in [4.69, 9.17) is 0 Å².